The van der Waals surface area contributed by atoms with E-state index in [0.29, 0.717) is 16.8 Å². The minimum Gasteiger partial charge on any atom is -0.352 e. The molecule has 3 aromatic heterocycles. The summed E-state index contributed by atoms with van der Waals surface area (Å²) in [5, 5.41) is 8.92. The summed E-state index contributed by atoms with van der Waals surface area (Å²) >= 11 is 1.31. The largest absolute Gasteiger partial charge is 0.352 e. The first-order chi connectivity index (χ1) is 12.5. The minimum absolute atomic E-state index is 0.0292. The summed E-state index contributed by atoms with van der Waals surface area (Å²) in [4.78, 5) is 37.8. The van der Waals surface area contributed by atoms with Crippen molar-refractivity contribution in [3.05, 3.63) is 32.3 Å². The van der Waals surface area contributed by atoms with Gasteiger partial charge in [0.2, 0.25) is 11.7 Å². The number of carbonyl (C=O) groups is 1. The first kappa shape index (κ1) is 18.4. The molecule has 0 aliphatic rings. The Balaban J connectivity index is 2.13. The number of aryl methyl sites for hydroxylation is 1. The van der Waals surface area contributed by atoms with E-state index in [0.717, 1.165) is 23.9 Å². The number of hydrogen-bond acceptors (Lipinski definition) is 5. The molecule has 0 radical (unpaired) electrons. The topological polar surface area (TPSA) is 90.4 Å². The zero-order valence-corrected chi connectivity index (χ0v) is 16.0. The van der Waals surface area contributed by atoms with Gasteiger partial charge in [0.25, 0.3) is 5.56 Å². The second kappa shape index (κ2) is 7.45. The van der Waals surface area contributed by atoms with Gasteiger partial charge in [0, 0.05) is 12.6 Å². The van der Waals surface area contributed by atoms with Crippen molar-refractivity contribution in [1.82, 2.24) is 24.1 Å². The highest BCUT2D eigenvalue weighted by molar-refractivity contribution is 7.17. The Morgan fingerprint density at radius 2 is 2.12 bits per heavy atom. The van der Waals surface area contributed by atoms with Crippen molar-refractivity contribution in [1.29, 1.82) is 0 Å². The Morgan fingerprint density at radius 3 is 2.81 bits per heavy atom. The Morgan fingerprint density at radius 1 is 1.35 bits per heavy atom. The van der Waals surface area contributed by atoms with E-state index in [1.807, 2.05) is 20.8 Å². The fourth-order valence-corrected chi connectivity index (χ4v) is 3.64. The third kappa shape index (κ3) is 3.18. The van der Waals surface area contributed by atoms with Gasteiger partial charge < -0.3 is 5.32 Å². The van der Waals surface area contributed by atoms with Gasteiger partial charge in [-0.3, -0.25) is 14.2 Å². The maximum absolute atomic E-state index is 12.8. The average Bonchev–Trinajstić information content (AvgIpc) is 3.20. The van der Waals surface area contributed by atoms with Crippen LogP contribution in [0.25, 0.3) is 16.0 Å². The number of unbranched alkanes of at least 4 members (excludes halogenated alkanes) is 1. The zero-order valence-electron chi connectivity index (χ0n) is 15.2. The molecular formula is C17H23N5O3S. The molecule has 1 atom stereocenters. The molecule has 1 unspecified atom stereocenters. The summed E-state index contributed by atoms with van der Waals surface area (Å²) in [6, 6.07) is 1.77. The van der Waals surface area contributed by atoms with E-state index in [2.05, 4.69) is 10.4 Å². The van der Waals surface area contributed by atoms with Crippen LogP contribution < -0.4 is 16.6 Å². The lowest BCUT2D eigenvalue weighted by Gasteiger charge is -2.10. The van der Waals surface area contributed by atoms with E-state index < -0.39 is 5.69 Å². The van der Waals surface area contributed by atoms with E-state index >= 15 is 0 Å². The summed E-state index contributed by atoms with van der Waals surface area (Å²) in [6.07, 6.45) is 2.53. The molecule has 0 aliphatic heterocycles. The minimum atomic E-state index is -0.409. The Kier molecular flexibility index (Phi) is 5.26. The van der Waals surface area contributed by atoms with Crippen molar-refractivity contribution in [2.75, 3.05) is 0 Å². The standard InChI is InChI=1S/C17H23N5O3S/c1-4-6-8-20-15(24)14-12(7-9-26-14)22-16(20)19-21(17(22)25)10-13(23)18-11(3)5-2/h7,9,11H,4-6,8,10H2,1-3H3,(H,18,23). The van der Waals surface area contributed by atoms with Crippen molar-refractivity contribution in [2.24, 2.45) is 0 Å². The molecule has 0 saturated heterocycles. The van der Waals surface area contributed by atoms with Gasteiger partial charge in [-0.1, -0.05) is 20.3 Å². The molecule has 1 amide bonds. The normalized spacial score (nSPS) is 12.7. The first-order valence-corrected chi connectivity index (χ1v) is 9.74. The van der Waals surface area contributed by atoms with Gasteiger partial charge in [-0.15, -0.1) is 16.4 Å². The van der Waals surface area contributed by atoms with E-state index in [9.17, 15) is 14.4 Å². The lowest BCUT2D eigenvalue weighted by molar-refractivity contribution is -0.122. The first-order valence-electron chi connectivity index (χ1n) is 8.86. The van der Waals surface area contributed by atoms with Crippen molar-refractivity contribution in [2.45, 2.75) is 59.2 Å². The van der Waals surface area contributed by atoms with Crippen LogP contribution in [0.5, 0.6) is 0 Å². The fourth-order valence-electron chi connectivity index (χ4n) is 2.81. The van der Waals surface area contributed by atoms with Crippen LogP contribution in [-0.2, 0) is 17.9 Å². The van der Waals surface area contributed by atoms with Crippen LogP contribution in [0.15, 0.2) is 21.0 Å². The zero-order chi connectivity index (χ0) is 18.8. The van der Waals surface area contributed by atoms with Crippen LogP contribution in [-0.4, -0.2) is 30.7 Å². The Labute approximate surface area is 154 Å². The molecule has 0 saturated carbocycles. The molecule has 9 heteroatoms. The SMILES string of the molecule is CCCCn1c(=O)c2sccc2n2c(=O)n(CC(=O)NC(C)CC)nc12. The van der Waals surface area contributed by atoms with Crippen LogP contribution in [0, 0.1) is 0 Å². The second-order valence-electron chi connectivity index (χ2n) is 6.40. The molecule has 0 fully saturated rings. The second-order valence-corrected chi connectivity index (χ2v) is 7.31. The van der Waals surface area contributed by atoms with E-state index in [1.54, 1.807) is 11.4 Å². The van der Waals surface area contributed by atoms with Gasteiger partial charge in [0.1, 0.15) is 11.2 Å². The quantitative estimate of drug-likeness (QED) is 0.677. The van der Waals surface area contributed by atoms with Crippen molar-refractivity contribution in [3.8, 4) is 0 Å². The van der Waals surface area contributed by atoms with Crippen molar-refractivity contribution in [3.63, 3.8) is 0 Å². The lowest BCUT2D eigenvalue weighted by Crippen LogP contribution is -2.37. The molecule has 3 heterocycles. The summed E-state index contributed by atoms with van der Waals surface area (Å²) in [5.74, 6) is 0.0181. The van der Waals surface area contributed by atoms with Crippen LogP contribution >= 0.6 is 11.3 Å². The van der Waals surface area contributed by atoms with Gasteiger partial charge in [-0.25, -0.2) is 13.9 Å². The van der Waals surface area contributed by atoms with Crippen LogP contribution in [0.3, 0.4) is 0 Å². The number of rotatable bonds is 7. The number of hydrogen-bond donors (Lipinski definition) is 1. The Hall–Kier alpha value is -2.42. The van der Waals surface area contributed by atoms with E-state index in [-0.39, 0.29) is 29.8 Å². The van der Waals surface area contributed by atoms with Crippen molar-refractivity contribution >= 4 is 33.2 Å². The number of fused-ring (bicyclic) bond motifs is 3. The summed E-state index contributed by atoms with van der Waals surface area (Å²) in [7, 11) is 0. The van der Waals surface area contributed by atoms with Crippen molar-refractivity contribution < 1.29 is 4.79 Å². The molecule has 8 nitrogen and oxygen atoms in total. The number of nitrogens with zero attached hydrogens (tertiary/aromatic N) is 4. The Bertz CT molecular complexity index is 1060. The number of carbonyl (C=O) groups excluding carboxylic acids is 1. The predicted molar refractivity (Wildman–Crippen MR) is 102 cm³/mol. The highest BCUT2D eigenvalue weighted by Gasteiger charge is 2.19. The molecule has 26 heavy (non-hydrogen) atoms. The number of aromatic nitrogens is 4. The molecule has 0 aliphatic carbocycles. The van der Waals surface area contributed by atoms with Gasteiger partial charge in [0.15, 0.2) is 0 Å². The molecule has 3 aromatic rings. The third-order valence-electron chi connectivity index (χ3n) is 4.44. The highest BCUT2D eigenvalue weighted by Crippen LogP contribution is 2.17. The lowest BCUT2D eigenvalue weighted by atomic mass is 10.2. The average molecular weight is 377 g/mol. The van der Waals surface area contributed by atoms with Gasteiger partial charge in [-0.05, 0) is 31.2 Å². The fraction of sp³-hybridized carbons (Fsp3) is 0.529. The maximum atomic E-state index is 12.8. The number of thiophene rings is 1. The molecule has 3 rings (SSSR count). The number of amides is 1. The molecular weight excluding hydrogens is 354 g/mol. The highest BCUT2D eigenvalue weighted by atomic mass is 32.1. The van der Waals surface area contributed by atoms with E-state index in [1.165, 1.54) is 20.3 Å². The maximum Gasteiger partial charge on any atom is 0.352 e. The van der Waals surface area contributed by atoms with Crippen LogP contribution in [0.1, 0.15) is 40.0 Å². The molecule has 0 spiro atoms. The van der Waals surface area contributed by atoms with E-state index in [4.69, 9.17) is 0 Å². The van der Waals surface area contributed by atoms with Gasteiger partial charge >= 0.3 is 5.69 Å². The van der Waals surface area contributed by atoms with Crippen LogP contribution in [0.4, 0.5) is 0 Å². The molecule has 0 aromatic carbocycles. The summed E-state index contributed by atoms with van der Waals surface area (Å²) in [5.41, 5.74) is -0.00793. The third-order valence-corrected chi connectivity index (χ3v) is 5.33. The smallest absolute Gasteiger partial charge is 0.352 e. The monoisotopic (exact) mass is 377 g/mol. The number of nitrogens with one attached hydrogen (secondary N) is 1. The molecule has 0 bridgehead atoms. The van der Waals surface area contributed by atoms with Gasteiger partial charge in [-0.2, -0.15) is 0 Å². The van der Waals surface area contributed by atoms with Crippen LogP contribution in [0.2, 0.25) is 0 Å². The summed E-state index contributed by atoms with van der Waals surface area (Å²) < 4.78 is 4.62. The summed E-state index contributed by atoms with van der Waals surface area (Å²) in [6.45, 7) is 6.24. The molecule has 1 N–H and O–H groups in total. The van der Waals surface area contributed by atoms with Gasteiger partial charge in [0.05, 0.1) is 5.52 Å². The predicted octanol–water partition coefficient (Wildman–Crippen LogP) is 1.59. The molecule has 140 valence electrons.